The molecule has 5 atom stereocenters. The Morgan fingerprint density at radius 3 is 1.53 bits per heavy atom. The van der Waals surface area contributed by atoms with Crippen molar-refractivity contribution in [2.45, 2.75) is 211 Å². The zero-order valence-electron chi connectivity index (χ0n) is 38.4. The number of unbranched alkanes of at least 4 members (excludes halogenated alkanes) is 18. The summed E-state index contributed by atoms with van der Waals surface area (Å²) >= 11 is 0. The van der Waals surface area contributed by atoms with Gasteiger partial charge in [0.2, 0.25) is 16.3 Å². The van der Waals surface area contributed by atoms with Gasteiger partial charge in [0.05, 0.1) is 13.0 Å². The Bertz CT molecular complexity index is 1630. The SMILES string of the molecule is CCCCCCCCCCCC(CC(=O)NC(C=O)C(OC(=O)CCCCCCCCc1ccccc1)C(OS(=O)(=O)[O-])C(O)CO)OC(=O)CCCCCCCCc1ccccc1. The highest BCUT2D eigenvalue weighted by Gasteiger charge is 2.40. The first-order valence-electron chi connectivity index (χ1n) is 24.1. The van der Waals surface area contributed by atoms with Gasteiger partial charge in [0, 0.05) is 12.8 Å². The van der Waals surface area contributed by atoms with E-state index in [1.165, 1.54) is 36.8 Å². The lowest BCUT2D eigenvalue weighted by molar-refractivity contribution is -0.164. The topological polar surface area (TPSA) is 206 Å². The summed E-state index contributed by atoms with van der Waals surface area (Å²) in [6, 6.07) is 18.7. The normalized spacial score (nSPS) is 13.9. The van der Waals surface area contributed by atoms with Crippen molar-refractivity contribution in [3.63, 3.8) is 0 Å². The van der Waals surface area contributed by atoms with Crippen LogP contribution < -0.4 is 5.32 Å². The van der Waals surface area contributed by atoms with E-state index in [0.717, 1.165) is 96.3 Å². The lowest BCUT2D eigenvalue weighted by atomic mass is 10.0. The van der Waals surface area contributed by atoms with Gasteiger partial charge in [-0.05, 0) is 62.5 Å². The van der Waals surface area contributed by atoms with Crippen molar-refractivity contribution in [1.29, 1.82) is 0 Å². The molecule has 0 fully saturated rings. The lowest BCUT2D eigenvalue weighted by Gasteiger charge is -2.33. The molecule has 14 heteroatoms. The molecule has 0 saturated heterocycles. The molecule has 0 aliphatic heterocycles. The van der Waals surface area contributed by atoms with Crippen molar-refractivity contribution in [3.8, 4) is 0 Å². The van der Waals surface area contributed by atoms with Gasteiger partial charge in [0.25, 0.3) is 0 Å². The van der Waals surface area contributed by atoms with Crippen LogP contribution in [0.1, 0.15) is 179 Å². The quantitative estimate of drug-likeness (QED) is 0.0188. The second-order valence-electron chi connectivity index (χ2n) is 17.0. The highest BCUT2D eigenvalue weighted by atomic mass is 32.3. The van der Waals surface area contributed by atoms with Crippen LogP contribution in [0, 0.1) is 0 Å². The minimum Gasteiger partial charge on any atom is -0.726 e. The minimum absolute atomic E-state index is 0.142. The fourth-order valence-electron chi connectivity index (χ4n) is 7.81. The largest absolute Gasteiger partial charge is 0.726 e. The molecule has 0 heterocycles. The van der Waals surface area contributed by atoms with Gasteiger partial charge < -0.3 is 34.4 Å². The summed E-state index contributed by atoms with van der Waals surface area (Å²) in [7, 11) is -5.56. The molecule has 0 aromatic heterocycles. The first-order chi connectivity index (χ1) is 30.9. The molecule has 0 aliphatic rings. The van der Waals surface area contributed by atoms with Crippen molar-refractivity contribution in [3.05, 3.63) is 71.8 Å². The smallest absolute Gasteiger partial charge is 0.306 e. The molecule has 0 spiro atoms. The summed E-state index contributed by atoms with van der Waals surface area (Å²) in [5.41, 5.74) is 2.60. The predicted octanol–water partition coefficient (Wildman–Crippen LogP) is 8.95. The van der Waals surface area contributed by atoms with Crippen LogP contribution >= 0.6 is 0 Å². The van der Waals surface area contributed by atoms with Gasteiger partial charge in [-0.3, -0.25) is 18.6 Å². The summed E-state index contributed by atoms with van der Waals surface area (Å²) in [5.74, 6) is -2.11. The highest BCUT2D eigenvalue weighted by molar-refractivity contribution is 7.80. The number of aliphatic hydroxyl groups is 2. The van der Waals surface area contributed by atoms with Crippen LogP contribution in [-0.2, 0) is 56.1 Å². The van der Waals surface area contributed by atoms with E-state index in [9.17, 15) is 42.4 Å². The van der Waals surface area contributed by atoms with E-state index in [4.69, 9.17) is 9.47 Å². The van der Waals surface area contributed by atoms with Crippen molar-refractivity contribution in [2.75, 3.05) is 6.61 Å². The number of hydrogen-bond acceptors (Lipinski definition) is 12. The Balaban J connectivity index is 2.00. The number of benzene rings is 2. The zero-order chi connectivity index (χ0) is 46.7. The van der Waals surface area contributed by atoms with Crippen LogP contribution in [0.25, 0.3) is 0 Å². The third-order valence-electron chi connectivity index (χ3n) is 11.4. The van der Waals surface area contributed by atoms with Crippen molar-refractivity contribution < 1.29 is 56.0 Å². The predicted molar refractivity (Wildman–Crippen MR) is 247 cm³/mol. The number of aldehydes is 1. The average molecular weight is 917 g/mol. The van der Waals surface area contributed by atoms with Crippen LogP contribution in [0.3, 0.4) is 0 Å². The molecule has 0 bridgehead atoms. The Kier molecular flexibility index (Phi) is 31.4. The van der Waals surface area contributed by atoms with Crippen LogP contribution in [-0.4, -0.2) is 84.4 Å². The second kappa shape index (κ2) is 35.6. The lowest BCUT2D eigenvalue weighted by Crippen LogP contribution is -2.57. The van der Waals surface area contributed by atoms with Crippen molar-refractivity contribution >= 4 is 34.5 Å². The van der Waals surface area contributed by atoms with Gasteiger partial charge in [-0.15, -0.1) is 0 Å². The Morgan fingerprint density at radius 2 is 1.08 bits per heavy atom. The Labute approximate surface area is 383 Å². The summed E-state index contributed by atoms with van der Waals surface area (Å²) in [6.45, 7) is 1.06. The van der Waals surface area contributed by atoms with E-state index in [0.29, 0.717) is 32.1 Å². The van der Waals surface area contributed by atoms with E-state index in [1.807, 2.05) is 36.4 Å². The molecule has 13 nitrogen and oxygen atoms in total. The fourth-order valence-corrected chi connectivity index (χ4v) is 8.32. The van der Waals surface area contributed by atoms with Gasteiger partial charge in [-0.25, -0.2) is 8.42 Å². The van der Waals surface area contributed by atoms with Gasteiger partial charge in [-0.1, -0.05) is 170 Å². The summed E-state index contributed by atoms with van der Waals surface area (Å²) in [6.07, 6.45) is 15.4. The van der Waals surface area contributed by atoms with Crippen LogP contribution in [0.5, 0.6) is 0 Å². The first-order valence-corrected chi connectivity index (χ1v) is 25.4. The van der Waals surface area contributed by atoms with E-state index in [2.05, 4.69) is 40.7 Å². The van der Waals surface area contributed by atoms with Crippen molar-refractivity contribution in [2.24, 2.45) is 0 Å². The van der Waals surface area contributed by atoms with E-state index in [1.54, 1.807) is 0 Å². The summed E-state index contributed by atoms with van der Waals surface area (Å²) < 4.78 is 51.0. The molecule has 2 aromatic carbocycles. The summed E-state index contributed by atoms with van der Waals surface area (Å²) in [5, 5.41) is 22.6. The van der Waals surface area contributed by atoms with Gasteiger partial charge in [-0.2, -0.15) is 0 Å². The Hall–Kier alpha value is -3.69. The number of aryl methyl sites for hydroxylation is 2. The van der Waals surface area contributed by atoms with Gasteiger partial charge in [0.15, 0.2) is 6.10 Å². The Morgan fingerprint density at radius 1 is 0.641 bits per heavy atom. The maximum atomic E-state index is 13.5. The first kappa shape index (κ1) is 56.4. The average Bonchev–Trinajstić information content (AvgIpc) is 3.28. The molecule has 2 aromatic rings. The van der Waals surface area contributed by atoms with Crippen LogP contribution in [0.15, 0.2) is 60.7 Å². The number of amides is 1. The number of esters is 2. The van der Waals surface area contributed by atoms with E-state index < -0.39 is 65.3 Å². The van der Waals surface area contributed by atoms with Gasteiger partial charge >= 0.3 is 11.9 Å². The molecule has 0 saturated carbocycles. The summed E-state index contributed by atoms with van der Waals surface area (Å²) in [4.78, 5) is 52.2. The van der Waals surface area contributed by atoms with E-state index in [-0.39, 0.29) is 25.5 Å². The standard InChI is InChI=1S/C50H79NO12S/c1-2-3-4-5-6-7-8-15-26-35-43(61-47(56)36-27-16-11-9-13-20-29-41-31-22-18-23-32-41)38-46(55)51-44(39-52)49(50(45(54)40-53)63-64(58,59)60)62-48(57)37-28-17-12-10-14-21-30-42-33-24-19-25-34-42/h18-19,22-25,31-34,39,43-45,49-50,53-54H,2-17,20-21,26-30,35-38,40H2,1H3,(H,51,55)(H,58,59,60)/p-1. The number of rotatable bonds is 40. The molecular weight excluding hydrogens is 839 g/mol. The number of aliphatic hydroxyl groups excluding tert-OH is 2. The monoisotopic (exact) mass is 917 g/mol. The molecular formula is C50H78NO12S-. The number of carbonyl (C=O) groups excluding carboxylic acids is 4. The number of ether oxygens (including phenoxy) is 2. The number of carbonyl (C=O) groups is 4. The molecule has 0 radical (unpaired) electrons. The minimum atomic E-state index is -5.56. The highest BCUT2D eigenvalue weighted by Crippen LogP contribution is 2.20. The fraction of sp³-hybridized carbons (Fsp3) is 0.680. The van der Waals surface area contributed by atoms with E-state index >= 15 is 0 Å². The maximum Gasteiger partial charge on any atom is 0.306 e. The third-order valence-corrected chi connectivity index (χ3v) is 11.9. The number of hydrogen-bond donors (Lipinski definition) is 3. The molecule has 362 valence electrons. The molecule has 2 rings (SSSR count). The number of nitrogens with one attached hydrogen (secondary N) is 1. The third kappa shape index (κ3) is 28.3. The van der Waals surface area contributed by atoms with Crippen LogP contribution in [0.4, 0.5) is 0 Å². The molecule has 3 N–H and O–H groups in total. The second-order valence-corrected chi connectivity index (χ2v) is 18.1. The molecule has 0 aliphatic carbocycles. The van der Waals surface area contributed by atoms with Crippen molar-refractivity contribution in [1.82, 2.24) is 5.32 Å². The molecule has 1 amide bonds. The zero-order valence-corrected chi connectivity index (χ0v) is 39.2. The molecule has 64 heavy (non-hydrogen) atoms. The van der Waals surface area contributed by atoms with Crippen LogP contribution in [0.2, 0.25) is 0 Å². The molecule has 5 unspecified atom stereocenters. The maximum absolute atomic E-state index is 13.5. The van der Waals surface area contributed by atoms with Gasteiger partial charge in [0.1, 0.15) is 30.6 Å².